The molecule has 2 saturated carbocycles. The Labute approximate surface area is 174 Å². The second kappa shape index (κ2) is 6.13. The lowest BCUT2D eigenvalue weighted by molar-refractivity contribution is -0.335. The highest BCUT2D eigenvalue weighted by Gasteiger charge is 2.73. The van der Waals surface area contributed by atoms with Gasteiger partial charge in [0.25, 0.3) is 0 Å². The fraction of sp³-hybridized carbons (Fsp3) is 0.870. The van der Waals surface area contributed by atoms with Gasteiger partial charge in [-0.1, -0.05) is 27.7 Å². The average Bonchev–Trinajstić information content (AvgIpc) is 2.67. The van der Waals surface area contributed by atoms with Crippen LogP contribution in [0, 0.1) is 28.6 Å². The number of rotatable bonds is 2. The first-order valence-corrected chi connectivity index (χ1v) is 10.8. The van der Waals surface area contributed by atoms with Crippen molar-refractivity contribution >= 4 is 5.78 Å². The number of ether oxygens (including phenoxy) is 2. The molecule has 0 radical (unpaired) electrons. The van der Waals surface area contributed by atoms with E-state index in [1.165, 1.54) is 0 Å². The quantitative estimate of drug-likeness (QED) is 0.602. The number of hydrogen-bond donors (Lipinski definition) is 3. The third-order valence-corrected chi connectivity index (χ3v) is 9.41. The topological polar surface area (TPSA) is 96.2 Å². The number of hydrogen-bond acceptors (Lipinski definition) is 6. The van der Waals surface area contributed by atoms with E-state index >= 15 is 0 Å². The summed E-state index contributed by atoms with van der Waals surface area (Å²) in [5.41, 5.74) is -2.37. The molecule has 2 unspecified atom stereocenters. The molecular formula is C23H36O6. The minimum atomic E-state index is -1.24. The van der Waals surface area contributed by atoms with Gasteiger partial charge in [0.05, 0.1) is 35.9 Å². The van der Waals surface area contributed by atoms with E-state index in [-0.39, 0.29) is 18.5 Å². The molecule has 29 heavy (non-hydrogen) atoms. The highest BCUT2D eigenvalue weighted by molar-refractivity contribution is 5.91. The summed E-state index contributed by atoms with van der Waals surface area (Å²) in [6.45, 7) is 11.7. The molecule has 6 nitrogen and oxygen atoms in total. The zero-order valence-corrected chi connectivity index (χ0v) is 18.6. The van der Waals surface area contributed by atoms with E-state index in [9.17, 15) is 15.0 Å². The number of aliphatic hydroxyl groups excluding tert-OH is 1. The van der Waals surface area contributed by atoms with Crippen LogP contribution in [0.3, 0.4) is 0 Å². The molecule has 3 N–H and O–H groups in total. The SMILES string of the molecule is [3H]O[C@H]1C[C@H]2OC[C@@]2(O)C2C(C)[C@]3(O)C[C@H](OC)C(C)=C([C@@H](C)C(=O)[C@@]21C)C3(C)C. The predicted octanol–water partition coefficient (Wildman–Crippen LogP) is 1.85. The summed E-state index contributed by atoms with van der Waals surface area (Å²) in [5, 5.41) is 29.1. The lowest BCUT2D eigenvalue weighted by atomic mass is 9.42. The van der Waals surface area contributed by atoms with Crippen LogP contribution in [0.15, 0.2) is 11.1 Å². The minimum Gasteiger partial charge on any atom is -0.392 e. The molecule has 0 aromatic carbocycles. The lowest BCUT2D eigenvalue weighted by Crippen LogP contribution is -2.78. The molecule has 9 atom stereocenters. The highest BCUT2D eigenvalue weighted by Crippen LogP contribution is 2.65. The summed E-state index contributed by atoms with van der Waals surface area (Å²) in [6, 6.07) is 0. The van der Waals surface area contributed by atoms with E-state index in [2.05, 4.69) is 0 Å². The van der Waals surface area contributed by atoms with Crippen molar-refractivity contribution in [1.82, 2.24) is 0 Å². The zero-order chi connectivity index (χ0) is 22.4. The van der Waals surface area contributed by atoms with E-state index < -0.39 is 52.0 Å². The Kier molecular flexibility index (Phi) is 4.26. The van der Waals surface area contributed by atoms with Gasteiger partial charge in [-0.3, -0.25) is 4.79 Å². The van der Waals surface area contributed by atoms with Crippen molar-refractivity contribution in [2.45, 2.75) is 83.9 Å². The maximum Gasteiger partial charge on any atom is 0.210 e. The largest absolute Gasteiger partial charge is 0.392 e. The fourth-order valence-electron chi connectivity index (χ4n) is 7.72. The molecule has 164 valence electrons. The molecule has 6 heteroatoms. The summed E-state index contributed by atoms with van der Waals surface area (Å²) in [5.74, 6) is -1.60. The van der Waals surface area contributed by atoms with Gasteiger partial charge in [0.1, 0.15) is 11.4 Å². The van der Waals surface area contributed by atoms with Gasteiger partial charge in [-0.25, -0.2) is 0 Å². The predicted molar refractivity (Wildman–Crippen MR) is 107 cm³/mol. The summed E-state index contributed by atoms with van der Waals surface area (Å²) in [6.07, 6.45) is -0.834. The Hall–Kier alpha value is -0.790. The van der Waals surface area contributed by atoms with E-state index in [0.717, 1.165) is 11.1 Å². The molecule has 0 aromatic heterocycles. The average molecular weight is 411 g/mol. The molecule has 1 heterocycles. The van der Waals surface area contributed by atoms with Crippen LogP contribution in [0.1, 0.15) is 54.4 Å². The summed E-state index contributed by atoms with van der Waals surface area (Å²) in [4.78, 5) is 14.1. The molecule has 0 spiro atoms. The maximum atomic E-state index is 14.1. The number of carbonyl (C=O) groups is 1. The molecule has 0 amide bonds. The number of ketones is 1. The van der Waals surface area contributed by atoms with Crippen molar-refractivity contribution < 1.29 is 29.6 Å². The normalized spacial score (nSPS) is 54.5. The van der Waals surface area contributed by atoms with Crippen molar-refractivity contribution in [3.8, 4) is 0 Å². The van der Waals surface area contributed by atoms with E-state index in [4.69, 9.17) is 16.0 Å². The Morgan fingerprint density at radius 3 is 2.41 bits per heavy atom. The van der Waals surface area contributed by atoms with Crippen molar-refractivity contribution in [3.05, 3.63) is 11.1 Å². The van der Waals surface area contributed by atoms with Crippen LogP contribution in [0.25, 0.3) is 0 Å². The van der Waals surface area contributed by atoms with Crippen LogP contribution < -0.4 is 0 Å². The van der Waals surface area contributed by atoms with Crippen molar-refractivity contribution in [1.29, 1.82) is 1.43 Å². The fourth-order valence-corrected chi connectivity index (χ4v) is 7.72. The number of carbonyl (C=O) groups excluding carboxylic acids is 1. The smallest absolute Gasteiger partial charge is 0.210 e. The highest BCUT2D eigenvalue weighted by atomic mass is 16.6. The van der Waals surface area contributed by atoms with Crippen molar-refractivity contribution in [3.63, 3.8) is 0 Å². The Bertz CT molecular complexity index is 795. The van der Waals surface area contributed by atoms with E-state index in [0.29, 0.717) is 12.8 Å². The third kappa shape index (κ3) is 2.27. The Balaban J connectivity index is 2.01. The van der Waals surface area contributed by atoms with Crippen molar-refractivity contribution in [2.75, 3.05) is 13.7 Å². The van der Waals surface area contributed by atoms with Gasteiger partial charge < -0.3 is 24.8 Å². The molecule has 4 rings (SSSR count). The van der Waals surface area contributed by atoms with Gasteiger partial charge in [0.2, 0.25) is 1.43 Å². The van der Waals surface area contributed by atoms with Crippen LogP contribution in [-0.2, 0) is 14.3 Å². The molecule has 4 aliphatic rings. The second-order valence-electron chi connectivity index (χ2n) is 10.7. The Morgan fingerprint density at radius 1 is 1.24 bits per heavy atom. The molecule has 3 fully saturated rings. The molecule has 0 aromatic rings. The van der Waals surface area contributed by atoms with E-state index in [1.54, 1.807) is 7.11 Å². The lowest BCUT2D eigenvalue weighted by Gasteiger charge is -2.67. The molecule has 1 saturated heterocycles. The van der Waals surface area contributed by atoms with Crippen LogP contribution in [0.5, 0.6) is 0 Å². The number of methoxy groups -OCH3 is 1. The zero-order valence-electron chi connectivity index (χ0n) is 19.6. The van der Waals surface area contributed by atoms with Gasteiger partial charge in [-0.15, -0.1) is 0 Å². The van der Waals surface area contributed by atoms with Crippen LogP contribution >= 0.6 is 0 Å². The first-order chi connectivity index (χ1) is 13.8. The molecule has 3 aliphatic carbocycles. The monoisotopic (exact) mass is 410 g/mol. The molecule has 2 bridgehead atoms. The Morgan fingerprint density at radius 2 is 1.90 bits per heavy atom. The number of aliphatic hydroxyl groups is 3. The standard InChI is InChI=1S/C23H36O6/c1-11-14(28-7)9-23(27)13(3)18-21(6,15(24)8-16-22(18,26)10-29-16)19(25)12(2)17(11)20(23,4)5/h12-16,18,24,26-27H,8-10H2,1-7H3/t12-,13?,14+,15+,16-,18?,21-,22+,23-/m1/s1/i24T. The van der Waals surface area contributed by atoms with Crippen LogP contribution in [0.4, 0.5) is 0 Å². The van der Waals surface area contributed by atoms with Crippen LogP contribution in [-0.4, -0.2) is 65.8 Å². The molecular weight excluding hydrogens is 372 g/mol. The number of Topliss-reactive ketones (excluding diaryl/α,β-unsaturated/α-hetero) is 1. The minimum absolute atomic E-state index is 0.0448. The molecule has 1 aliphatic heterocycles. The van der Waals surface area contributed by atoms with Gasteiger partial charge in [0.15, 0.2) is 0 Å². The second-order valence-corrected chi connectivity index (χ2v) is 10.7. The first-order valence-electron chi connectivity index (χ1n) is 11.2. The summed E-state index contributed by atoms with van der Waals surface area (Å²) in [7, 11) is 1.63. The number of fused-ring (bicyclic) bond motifs is 5. The third-order valence-electron chi connectivity index (χ3n) is 9.41. The van der Waals surface area contributed by atoms with Gasteiger partial charge in [0, 0.05) is 37.2 Å². The van der Waals surface area contributed by atoms with Gasteiger partial charge in [-0.05, 0) is 30.9 Å². The maximum absolute atomic E-state index is 14.1. The first kappa shape index (κ1) is 20.1. The van der Waals surface area contributed by atoms with Crippen LogP contribution in [0.2, 0.25) is 0 Å². The summed E-state index contributed by atoms with van der Waals surface area (Å²) < 4.78 is 19.1. The van der Waals surface area contributed by atoms with E-state index in [1.807, 2.05) is 41.5 Å². The van der Waals surface area contributed by atoms with Gasteiger partial charge in [-0.2, -0.15) is 0 Å². The van der Waals surface area contributed by atoms with Crippen molar-refractivity contribution in [2.24, 2.45) is 28.6 Å². The van der Waals surface area contributed by atoms with Gasteiger partial charge >= 0.3 is 0 Å². The summed E-state index contributed by atoms with van der Waals surface area (Å²) >= 11 is 0.